The van der Waals surface area contributed by atoms with Gasteiger partial charge in [0.2, 0.25) is 0 Å². The highest BCUT2D eigenvalue weighted by atomic mass is 16.5. The van der Waals surface area contributed by atoms with E-state index >= 15 is 0 Å². The first-order chi connectivity index (χ1) is 12.5. The molecule has 0 amide bonds. The Balaban J connectivity index is 1.91. The highest BCUT2D eigenvalue weighted by Crippen LogP contribution is 2.26. The van der Waals surface area contributed by atoms with E-state index in [-0.39, 0.29) is 5.75 Å². The summed E-state index contributed by atoms with van der Waals surface area (Å²) >= 11 is 0. The second-order valence-electron chi connectivity index (χ2n) is 6.85. The summed E-state index contributed by atoms with van der Waals surface area (Å²) in [6, 6.07) is 5.81. The van der Waals surface area contributed by atoms with Crippen molar-refractivity contribution in [2.24, 2.45) is 4.99 Å². The largest absolute Gasteiger partial charge is 0.504 e. The van der Waals surface area contributed by atoms with Gasteiger partial charge in [0.1, 0.15) is 0 Å². The van der Waals surface area contributed by atoms with Crippen LogP contribution in [0.2, 0.25) is 0 Å². The third-order valence-electron chi connectivity index (χ3n) is 4.43. The molecule has 144 valence electrons. The molecular weight excluding hydrogens is 328 g/mol. The highest BCUT2D eigenvalue weighted by molar-refractivity contribution is 5.80. The number of benzene rings is 1. The first kappa shape index (κ1) is 20.1. The zero-order valence-electron chi connectivity index (χ0n) is 16.2. The molecule has 2 rings (SSSR count). The number of piperidine rings is 1. The fourth-order valence-corrected chi connectivity index (χ4v) is 3.13. The van der Waals surface area contributed by atoms with Crippen molar-refractivity contribution in [2.75, 3.05) is 33.3 Å². The van der Waals surface area contributed by atoms with Gasteiger partial charge < -0.3 is 20.5 Å². The number of rotatable bonds is 7. The molecule has 3 N–H and O–H groups in total. The quantitative estimate of drug-likeness (QED) is 0.396. The van der Waals surface area contributed by atoms with Crippen LogP contribution in [0.3, 0.4) is 0 Å². The molecule has 1 fully saturated rings. The molecule has 0 unspecified atom stereocenters. The van der Waals surface area contributed by atoms with E-state index in [4.69, 9.17) is 4.74 Å². The van der Waals surface area contributed by atoms with Gasteiger partial charge in [0, 0.05) is 32.2 Å². The molecule has 0 spiro atoms. The SMILES string of the molecule is C=C(C)CN1CCC(NC(=NCc2ccc(OC)c(O)c2)NCC)CC1. The van der Waals surface area contributed by atoms with Crippen molar-refractivity contribution in [3.8, 4) is 11.5 Å². The van der Waals surface area contributed by atoms with Crippen LogP contribution in [0.15, 0.2) is 35.3 Å². The lowest BCUT2D eigenvalue weighted by atomic mass is 10.0. The number of phenolic OH excluding ortho intramolecular Hbond substituents is 1. The Morgan fingerprint density at radius 3 is 2.69 bits per heavy atom. The molecule has 1 aromatic rings. The first-order valence-electron chi connectivity index (χ1n) is 9.29. The molecular formula is C20H32N4O2. The van der Waals surface area contributed by atoms with Crippen LogP contribution in [0.1, 0.15) is 32.3 Å². The Labute approximate surface area is 157 Å². The minimum atomic E-state index is 0.142. The number of ether oxygens (including phenoxy) is 1. The maximum atomic E-state index is 9.89. The number of guanidine groups is 1. The van der Waals surface area contributed by atoms with Crippen LogP contribution in [-0.4, -0.2) is 55.3 Å². The Morgan fingerprint density at radius 2 is 2.12 bits per heavy atom. The van der Waals surface area contributed by atoms with Crippen molar-refractivity contribution in [1.29, 1.82) is 0 Å². The van der Waals surface area contributed by atoms with Crippen molar-refractivity contribution >= 4 is 5.96 Å². The van der Waals surface area contributed by atoms with Crippen LogP contribution in [0, 0.1) is 0 Å². The van der Waals surface area contributed by atoms with E-state index in [1.54, 1.807) is 19.2 Å². The van der Waals surface area contributed by atoms with Crippen molar-refractivity contribution in [3.63, 3.8) is 0 Å². The number of aromatic hydroxyl groups is 1. The van der Waals surface area contributed by atoms with E-state index in [1.165, 1.54) is 5.57 Å². The van der Waals surface area contributed by atoms with Crippen molar-refractivity contribution in [1.82, 2.24) is 15.5 Å². The summed E-state index contributed by atoms with van der Waals surface area (Å²) < 4.78 is 5.08. The second kappa shape index (κ2) is 10.1. The molecule has 1 aromatic carbocycles. The number of aliphatic imine (C=N–C) groups is 1. The van der Waals surface area contributed by atoms with E-state index in [9.17, 15) is 5.11 Å². The standard InChI is InChI=1S/C20H32N4O2/c1-5-21-20(22-13-16-6-7-19(26-4)18(25)12-16)23-17-8-10-24(11-9-17)14-15(2)3/h6-7,12,17,25H,2,5,8-11,13-14H2,1,3-4H3,(H2,21,22,23). The van der Waals surface area contributed by atoms with Crippen LogP contribution in [-0.2, 0) is 6.54 Å². The summed E-state index contributed by atoms with van der Waals surface area (Å²) in [7, 11) is 1.54. The number of nitrogens with zero attached hydrogens (tertiary/aromatic N) is 2. The van der Waals surface area contributed by atoms with Gasteiger partial charge in [-0.2, -0.15) is 0 Å². The molecule has 0 saturated carbocycles. The fourth-order valence-electron chi connectivity index (χ4n) is 3.13. The summed E-state index contributed by atoms with van der Waals surface area (Å²) in [5.74, 6) is 1.44. The van der Waals surface area contributed by atoms with E-state index < -0.39 is 0 Å². The number of nitrogens with one attached hydrogen (secondary N) is 2. The number of likely N-dealkylation sites (tertiary alicyclic amines) is 1. The normalized spacial score (nSPS) is 16.3. The molecule has 1 aliphatic heterocycles. The molecule has 0 aromatic heterocycles. The highest BCUT2D eigenvalue weighted by Gasteiger charge is 2.19. The average Bonchev–Trinajstić information content (AvgIpc) is 2.61. The van der Waals surface area contributed by atoms with Crippen molar-refractivity contribution < 1.29 is 9.84 Å². The van der Waals surface area contributed by atoms with E-state index in [2.05, 4.69) is 41.0 Å². The zero-order valence-corrected chi connectivity index (χ0v) is 16.2. The maximum absolute atomic E-state index is 9.89. The summed E-state index contributed by atoms with van der Waals surface area (Å²) in [4.78, 5) is 7.11. The minimum absolute atomic E-state index is 0.142. The molecule has 0 bridgehead atoms. The van der Waals surface area contributed by atoms with Gasteiger partial charge >= 0.3 is 0 Å². The van der Waals surface area contributed by atoms with Gasteiger partial charge in [-0.3, -0.25) is 4.90 Å². The Morgan fingerprint density at radius 1 is 1.38 bits per heavy atom. The van der Waals surface area contributed by atoms with Gasteiger partial charge in [0.15, 0.2) is 17.5 Å². The molecule has 1 saturated heterocycles. The fraction of sp³-hybridized carbons (Fsp3) is 0.550. The van der Waals surface area contributed by atoms with Crippen LogP contribution < -0.4 is 15.4 Å². The molecule has 1 heterocycles. The molecule has 1 aliphatic rings. The third kappa shape index (κ3) is 6.26. The molecule has 6 nitrogen and oxygen atoms in total. The first-order valence-corrected chi connectivity index (χ1v) is 9.29. The van der Waals surface area contributed by atoms with Crippen LogP contribution in [0.25, 0.3) is 0 Å². The molecule has 0 aliphatic carbocycles. The predicted octanol–water partition coefficient (Wildman–Crippen LogP) is 2.50. The van der Waals surface area contributed by atoms with Crippen molar-refractivity contribution in [3.05, 3.63) is 35.9 Å². The predicted molar refractivity (Wildman–Crippen MR) is 107 cm³/mol. The lowest BCUT2D eigenvalue weighted by Crippen LogP contribution is -2.48. The van der Waals surface area contributed by atoms with Crippen LogP contribution in [0.4, 0.5) is 0 Å². The zero-order chi connectivity index (χ0) is 18.9. The lowest BCUT2D eigenvalue weighted by molar-refractivity contribution is 0.221. The summed E-state index contributed by atoms with van der Waals surface area (Å²) in [5.41, 5.74) is 2.16. The lowest BCUT2D eigenvalue weighted by Gasteiger charge is -2.33. The number of phenols is 1. The molecule has 0 atom stereocenters. The van der Waals surface area contributed by atoms with Gasteiger partial charge in [-0.1, -0.05) is 18.2 Å². The summed E-state index contributed by atoms with van der Waals surface area (Å²) in [6.07, 6.45) is 2.20. The number of hydrogen-bond acceptors (Lipinski definition) is 4. The van der Waals surface area contributed by atoms with Crippen LogP contribution in [0.5, 0.6) is 11.5 Å². The molecule has 6 heteroatoms. The number of methoxy groups -OCH3 is 1. The monoisotopic (exact) mass is 360 g/mol. The van der Waals surface area contributed by atoms with Crippen molar-refractivity contribution in [2.45, 2.75) is 39.3 Å². The van der Waals surface area contributed by atoms with Gasteiger partial charge in [0.05, 0.1) is 13.7 Å². The second-order valence-corrected chi connectivity index (χ2v) is 6.85. The van der Waals surface area contributed by atoms with E-state index in [0.717, 1.165) is 50.5 Å². The third-order valence-corrected chi connectivity index (χ3v) is 4.43. The van der Waals surface area contributed by atoms with Crippen LogP contribution >= 0.6 is 0 Å². The number of hydrogen-bond donors (Lipinski definition) is 3. The van der Waals surface area contributed by atoms with E-state index in [0.29, 0.717) is 18.3 Å². The smallest absolute Gasteiger partial charge is 0.191 e. The van der Waals surface area contributed by atoms with E-state index in [1.807, 2.05) is 6.07 Å². The average molecular weight is 361 g/mol. The van der Waals surface area contributed by atoms with Gasteiger partial charge in [0.25, 0.3) is 0 Å². The minimum Gasteiger partial charge on any atom is -0.504 e. The molecule has 0 radical (unpaired) electrons. The topological polar surface area (TPSA) is 69.1 Å². The Bertz CT molecular complexity index is 622. The van der Waals surface area contributed by atoms with Gasteiger partial charge in [-0.15, -0.1) is 0 Å². The Hall–Kier alpha value is -2.21. The molecule has 26 heavy (non-hydrogen) atoms. The van der Waals surface area contributed by atoms with Gasteiger partial charge in [-0.25, -0.2) is 4.99 Å². The maximum Gasteiger partial charge on any atom is 0.191 e. The summed E-state index contributed by atoms with van der Waals surface area (Å²) in [6.45, 7) is 12.6. The summed E-state index contributed by atoms with van der Waals surface area (Å²) in [5, 5.41) is 16.7. The Kier molecular flexibility index (Phi) is 7.78. The van der Waals surface area contributed by atoms with Gasteiger partial charge in [-0.05, 0) is 44.4 Å².